The Kier molecular flexibility index (Phi) is 10.2. The largest absolute Gasteiger partial charge is 0.393 e. The van der Waals surface area contributed by atoms with E-state index in [0.29, 0.717) is 16.7 Å². The van der Waals surface area contributed by atoms with Crippen molar-refractivity contribution in [1.29, 1.82) is 0 Å². The van der Waals surface area contributed by atoms with E-state index in [4.69, 9.17) is 0 Å². The smallest absolute Gasteiger partial charge is 0.0545 e. The number of rotatable bonds is 2. The van der Waals surface area contributed by atoms with Gasteiger partial charge in [0, 0.05) is 0 Å². The normalized spacial score (nSPS) is 46.2. The van der Waals surface area contributed by atoms with Crippen LogP contribution in [0, 0.1) is 40.4 Å². The Labute approximate surface area is 183 Å². The number of fused-ring (bicyclic) bond motifs is 5. The summed E-state index contributed by atoms with van der Waals surface area (Å²) in [6, 6.07) is 0. The fraction of sp³-hybridized carbons (Fsp3) is 1.00. The molecule has 0 aromatic heterocycles. The molecule has 0 heterocycles. The molecule has 4 fully saturated rings. The molecule has 4 saturated carbocycles. The molecular formula is C27H54O2. The molecule has 9 unspecified atom stereocenters. The van der Waals surface area contributed by atoms with Gasteiger partial charge in [-0.2, -0.15) is 0 Å². The van der Waals surface area contributed by atoms with Crippen LogP contribution in [0.1, 0.15) is 120 Å². The molecule has 2 heteroatoms. The predicted molar refractivity (Wildman–Crippen MR) is 127 cm³/mol. The minimum absolute atomic E-state index is 0. The molecule has 0 aromatic carbocycles. The van der Waals surface area contributed by atoms with Crippen molar-refractivity contribution < 1.29 is 10.2 Å². The Hall–Kier alpha value is -0.0800. The van der Waals surface area contributed by atoms with Gasteiger partial charge in [-0.05, 0) is 112 Å². The maximum absolute atomic E-state index is 10.4. The standard InChI is InChI=1S/C22H38O2.2C2H6.CH4/c1-4-22-12-10-19-17(20(22)8-7-18(22)14(2)23)6-5-15-13-16(24)9-11-21(15,19)3;2*1-2;/h14-20,23-24H,4-13H2,1-3H3;2*1-2H3;1H4. The third-order valence-corrected chi connectivity index (χ3v) is 9.66. The van der Waals surface area contributed by atoms with Crippen LogP contribution >= 0.6 is 0 Å². The van der Waals surface area contributed by atoms with E-state index in [1.807, 2.05) is 34.6 Å². The summed E-state index contributed by atoms with van der Waals surface area (Å²) in [5.41, 5.74) is 0.900. The molecule has 4 aliphatic rings. The number of hydrogen-bond acceptors (Lipinski definition) is 2. The summed E-state index contributed by atoms with van der Waals surface area (Å²) in [7, 11) is 0. The average Bonchev–Trinajstić information content (AvgIpc) is 3.12. The van der Waals surface area contributed by atoms with Crippen LogP contribution in [0.3, 0.4) is 0 Å². The molecule has 174 valence electrons. The van der Waals surface area contributed by atoms with Gasteiger partial charge in [-0.1, -0.05) is 49.0 Å². The highest BCUT2D eigenvalue weighted by atomic mass is 16.3. The van der Waals surface area contributed by atoms with Crippen LogP contribution in [0.2, 0.25) is 0 Å². The fourth-order valence-electron chi connectivity index (χ4n) is 8.51. The molecule has 9 atom stereocenters. The summed E-state index contributed by atoms with van der Waals surface area (Å²) in [6.07, 6.45) is 12.5. The molecule has 0 aliphatic heterocycles. The van der Waals surface area contributed by atoms with E-state index >= 15 is 0 Å². The second kappa shape index (κ2) is 11.0. The lowest BCUT2D eigenvalue weighted by Crippen LogP contribution is -2.55. The second-order valence-electron chi connectivity index (χ2n) is 10.1. The zero-order valence-corrected chi connectivity index (χ0v) is 20.0. The Morgan fingerprint density at radius 1 is 0.897 bits per heavy atom. The first kappa shape index (κ1) is 27.0. The van der Waals surface area contributed by atoms with E-state index in [1.54, 1.807) is 0 Å². The first-order chi connectivity index (χ1) is 13.4. The molecule has 29 heavy (non-hydrogen) atoms. The van der Waals surface area contributed by atoms with Gasteiger partial charge in [0.2, 0.25) is 0 Å². The van der Waals surface area contributed by atoms with E-state index < -0.39 is 0 Å². The van der Waals surface area contributed by atoms with Gasteiger partial charge in [-0.25, -0.2) is 0 Å². The number of aliphatic hydroxyl groups excluding tert-OH is 2. The third-order valence-electron chi connectivity index (χ3n) is 9.66. The SMILES string of the molecule is C.CC.CC.CCC12CCC3C(CCC4CC(O)CCC43C)C1CCC2C(C)O. The number of hydrogen-bond donors (Lipinski definition) is 2. The van der Waals surface area contributed by atoms with E-state index in [-0.39, 0.29) is 19.6 Å². The van der Waals surface area contributed by atoms with Crippen molar-refractivity contribution in [3.63, 3.8) is 0 Å². The molecule has 0 spiro atoms. The van der Waals surface area contributed by atoms with E-state index in [2.05, 4.69) is 13.8 Å². The molecule has 0 aromatic rings. The van der Waals surface area contributed by atoms with Gasteiger partial charge >= 0.3 is 0 Å². The van der Waals surface area contributed by atoms with Crippen molar-refractivity contribution in [3.05, 3.63) is 0 Å². The molecule has 0 amide bonds. The predicted octanol–water partition coefficient (Wildman–Crippen LogP) is 7.47. The first-order valence-electron chi connectivity index (χ1n) is 12.8. The zero-order valence-electron chi connectivity index (χ0n) is 20.0. The van der Waals surface area contributed by atoms with Crippen LogP contribution in [0.25, 0.3) is 0 Å². The van der Waals surface area contributed by atoms with Crippen LogP contribution in [-0.2, 0) is 0 Å². The lowest BCUT2D eigenvalue weighted by atomic mass is 9.44. The maximum atomic E-state index is 10.4. The lowest BCUT2D eigenvalue weighted by molar-refractivity contribution is -0.137. The topological polar surface area (TPSA) is 40.5 Å². The minimum Gasteiger partial charge on any atom is -0.393 e. The molecule has 2 nitrogen and oxygen atoms in total. The van der Waals surface area contributed by atoms with Crippen molar-refractivity contribution in [3.8, 4) is 0 Å². The monoisotopic (exact) mass is 410 g/mol. The van der Waals surface area contributed by atoms with Crippen molar-refractivity contribution in [2.24, 2.45) is 40.4 Å². The molecule has 4 rings (SSSR count). The molecule has 4 aliphatic carbocycles. The van der Waals surface area contributed by atoms with Gasteiger partial charge in [-0.3, -0.25) is 0 Å². The average molecular weight is 411 g/mol. The second-order valence-corrected chi connectivity index (χ2v) is 10.1. The summed E-state index contributed by atoms with van der Waals surface area (Å²) in [6.45, 7) is 15.0. The van der Waals surface area contributed by atoms with Crippen LogP contribution < -0.4 is 0 Å². The Bertz CT molecular complexity index is 475. The van der Waals surface area contributed by atoms with Crippen molar-refractivity contribution in [2.45, 2.75) is 132 Å². The summed E-state index contributed by atoms with van der Waals surface area (Å²) in [5, 5.41) is 20.6. The Morgan fingerprint density at radius 2 is 1.55 bits per heavy atom. The van der Waals surface area contributed by atoms with Gasteiger partial charge < -0.3 is 10.2 Å². The Balaban J connectivity index is 0.000000794. The highest BCUT2D eigenvalue weighted by Gasteiger charge is 2.61. The zero-order chi connectivity index (χ0) is 21.1. The van der Waals surface area contributed by atoms with E-state index in [1.165, 1.54) is 51.4 Å². The quantitative estimate of drug-likeness (QED) is 0.496. The van der Waals surface area contributed by atoms with E-state index in [9.17, 15) is 10.2 Å². The summed E-state index contributed by atoms with van der Waals surface area (Å²) in [5.74, 6) is 3.91. The molecule has 2 N–H and O–H groups in total. The number of aliphatic hydroxyl groups is 2. The minimum atomic E-state index is -0.136. The Morgan fingerprint density at radius 3 is 2.14 bits per heavy atom. The van der Waals surface area contributed by atoms with Crippen molar-refractivity contribution in [2.75, 3.05) is 0 Å². The first-order valence-corrected chi connectivity index (χ1v) is 12.8. The van der Waals surface area contributed by atoms with Crippen LogP contribution in [0.15, 0.2) is 0 Å². The van der Waals surface area contributed by atoms with Crippen LogP contribution in [0.4, 0.5) is 0 Å². The van der Waals surface area contributed by atoms with Gasteiger partial charge in [0.25, 0.3) is 0 Å². The summed E-state index contributed by atoms with van der Waals surface area (Å²) >= 11 is 0. The lowest BCUT2D eigenvalue weighted by Gasteiger charge is -2.61. The van der Waals surface area contributed by atoms with E-state index in [0.717, 1.165) is 36.5 Å². The van der Waals surface area contributed by atoms with Crippen molar-refractivity contribution in [1.82, 2.24) is 0 Å². The molecular weight excluding hydrogens is 356 g/mol. The third kappa shape index (κ3) is 4.45. The van der Waals surface area contributed by atoms with Crippen LogP contribution in [-0.4, -0.2) is 22.4 Å². The fourth-order valence-corrected chi connectivity index (χ4v) is 8.51. The van der Waals surface area contributed by atoms with Gasteiger partial charge in [0.1, 0.15) is 0 Å². The highest BCUT2D eigenvalue weighted by molar-refractivity contribution is 5.10. The van der Waals surface area contributed by atoms with Gasteiger partial charge in [-0.15, -0.1) is 0 Å². The van der Waals surface area contributed by atoms with Gasteiger partial charge in [0.05, 0.1) is 12.2 Å². The maximum Gasteiger partial charge on any atom is 0.0545 e. The molecule has 0 radical (unpaired) electrons. The van der Waals surface area contributed by atoms with Crippen molar-refractivity contribution >= 4 is 0 Å². The van der Waals surface area contributed by atoms with Gasteiger partial charge in [0.15, 0.2) is 0 Å². The molecule has 0 bridgehead atoms. The summed E-state index contributed by atoms with van der Waals surface area (Å²) < 4.78 is 0. The summed E-state index contributed by atoms with van der Waals surface area (Å²) in [4.78, 5) is 0. The molecule has 0 saturated heterocycles. The highest BCUT2D eigenvalue weighted by Crippen LogP contribution is 2.68. The van der Waals surface area contributed by atoms with Crippen LogP contribution in [0.5, 0.6) is 0 Å².